The predicted octanol–water partition coefficient (Wildman–Crippen LogP) is 3.76. The highest BCUT2D eigenvalue weighted by atomic mass is 16.7. The van der Waals surface area contributed by atoms with E-state index in [9.17, 15) is 4.79 Å². The Bertz CT molecular complexity index is 985. The Hall–Kier alpha value is -3.80. The number of amides is 1. The maximum absolute atomic E-state index is 12.2. The zero-order chi connectivity index (χ0) is 19.2. The summed E-state index contributed by atoms with van der Waals surface area (Å²) in [7, 11) is 0. The minimum absolute atomic E-state index is 0.170. The second kappa shape index (κ2) is 8.26. The number of nitrogens with one attached hydrogen (secondary N) is 1. The van der Waals surface area contributed by atoms with Gasteiger partial charge in [0.15, 0.2) is 11.5 Å². The van der Waals surface area contributed by atoms with Gasteiger partial charge in [-0.15, -0.1) is 0 Å². The fourth-order valence-corrected chi connectivity index (χ4v) is 2.66. The molecule has 1 N–H and O–H groups in total. The molecule has 6 heteroatoms. The molecule has 0 aliphatic carbocycles. The average molecular weight is 374 g/mol. The lowest BCUT2D eigenvalue weighted by molar-refractivity contribution is 0.0954. The molecule has 0 atom stereocenters. The first-order chi connectivity index (χ1) is 13.8. The third-order valence-corrected chi connectivity index (χ3v) is 4.14. The van der Waals surface area contributed by atoms with Crippen molar-refractivity contribution in [2.45, 2.75) is 6.61 Å². The van der Waals surface area contributed by atoms with Crippen LogP contribution >= 0.6 is 0 Å². The summed E-state index contributed by atoms with van der Waals surface area (Å²) in [5.74, 6) is 1.64. The highest BCUT2D eigenvalue weighted by molar-refractivity contribution is 5.95. The summed E-state index contributed by atoms with van der Waals surface area (Å²) in [4.78, 5) is 12.2. The molecular weight excluding hydrogens is 356 g/mol. The fraction of sp³-hybridized carbons (Fsp3) is 0.0909. The number of benzene rings is 3. The molecule has 28 heavy (non-hydrogen) atoms. The monoisotopic (exact) mass is 374 g/mol. The molecule has 0 radical (unpaired) electrons. The van der Waals surface area contributed by atoms with E-state index in [4.69, 9.17) is 14.2 Å². The van der Waals surface area contributed by atoms with Crippen molar-refractivity contribution in [1.29, 1.82) is 0 Å². The molecule has 1 heterocycles. The molecule has 0 unspecified atom stereocenters. The lowest BCUT2D eigenvalue weighted by Crippen LogP contribution is -2.17. The first-order valence-electron chi connectivity index (χ1n) is 8.78. The molecule has 4 rings (SSSR count). The summed E-state index contributed by atoms with van der Waals surface area (Å²) < 4.78 is 16.2. The van der Waals surface area contributed by atoms with Crippen molar-refractivity contribution < 1.29 is 19.0 Å². The Morgan fingerprint density at radius 2 is 1.79 bits per heavy atom. The maximum atomic E-state index is 12.2. The van der Waals surface area contributed by atoms with Crippen molar-refractivity contribution in [2.75, 3.05) is 6.79 Å². The summed E-state index contributed by atoms with van der Waals surface area (Å²) in [5, 5.41) is 4.00. The number of nitrogens with zero attached hydrogens (tertiary/aromatic N) is 1. The minimum atomic E-state index is -0.322. The van der Waals surface area contributed by atoms with E-state index in [-0.39, 0.29) is 12.7 Å². The highest BCUT2D eigenvalue weighted by Crippen LogP contribution is 2.32. The van der Waals surface area contributed by atoms with Crippen LogP contribution in [0.2, 0.25) is 0 Å². The largest absolute Gasteiger partial charge is 0.489 e. The zero-order valence-electron chi connectivity index (χ0n) is 15.0. The van der Waals surface area contributed by atoms with Crippen LogP contribution in [0, 0.1) is 0 Å². The number of hydrogen-bond donors (Lipinski definition) is 1. The van der Waals surface area contributed by atoms with Gasteiger partial charge in [-0.05, 0) is 53.6 Å². The predicted molar refractivity (Wildman–Crippen MR) is 105 cm³/mol. The average Bonchev–Trinajstić information content (AvgIpc) is 3.22. The highest BCUT2D eigenvalue weighted by Gasteiger charge is 2.15. The SMILES string of the molecule is O=C(N/N=C\c1ccc(OCc2ccccc2)cc1)c1ccc2c(c1)OCO2. The summed E-state index contributed by atoms with van der Waals surface area (Å²) in [6.07, 6.45) is 1.58. The van der Waals surface area contributed by atoms with E-state index in [1.54, 1.807) is 24.4 Å². The van der Waals surface area contributed by atoms with Crippen molar-refractivity contribution in [1.82, 2.24) is 5.43 Å². The number of rotatable bonds is 6. The summed E-state index contributed by atoms with van der Waals surface area (Å²) in [6, 6.07) is 22.4. The van der Waals surface area contributed by atoms with E-state index >= 15 is 0 Å². The molecule has 0 saturated heterocycles. The van der Waals surface area contributed by atoms with Crippen LogP contribution in [0.4, 0.5) is 0 Å². The van der Waals surface area contributed by atoms with Crippen LogP contribution in [-0.4, -0.2) is 18.9 Å². The molecule has 0 fully saturated rings. The quantitative estimate of drug-likeness (QED) is 0.527. The van der Waals surface area contributed by atoms with E-state index in [1.807, 2.05) is 54.6 Å². The first-order valence-corrected chi connectivity index (χ1v) is 8.78. The van der Waals surface area contributed by atoms with Gasteiger partial charge >= 0.3 is 0 Å². The first kappa shape index (κ1) is 17.6. The molecular formula is C22H18N2O4. The number of hydrazone groups is 1. The van der Waals surface area contributed by atoms with Crippen LogP contribution in [0.25, 0.3) is 0 Å². The van der Waals surface area contributed by atoms with Crippen molar-refractivity contribution >= 4 is 12.1 Å². The molecule has 3 aromatic carbocycles. The Labute approximate surface area is 162 Å². The third kappa shape index (κ3) is 4.29. The fourth-order valence-electron chi connectivity index (χ4n) is 2.66. The molecule has 1 amide bonds. The summed E-state index contributed by atoms with van der Waals surface area (Å²) in [5.41, 5.74) is 4.91. The maximum Gasteiger partial charge on any atom is 0.271 e. The van der Waals surface area contributed by atoms with Crippen molar-refractivity contribution in [3.8, 4) is 17.2 Å². The van der Waals surface area contributed by atoms with Gasteiger partial charge in [0.25, 0.3) is 5.91 Å². The van der Waals surface area contributed by atoms with Crippen LogP contribution in [0.5, 0.6) is 17.2 Å². The van der Waals surface area contributed by atoms with Gasteiger partial charge in [0.2, 0.25) is 6.79 Å². The molecule has 0 spiro atoms. The van der Waals surface area contributed by atoms with Crippen LogP contribution in [0.15, 0.2) is 77.9 Å². The van der Waals surface area contributed by atoms with Crippen LogP contribution in [0.1, 0.15) is 21.5 Å². The van der Waals surface area contributed by atoms with Gasteiger partial charge in [0, 0.05) is 5.56 Å². The Kier molecular flexibility index (Phi) is 5.20. The van der Waals surface area contributed by atoms with Gasteiger partial charge in [-0.1, -0.05) is 30.3 Å². The molecule has 6 nitrogen and oxygen atoms in total. The van der Waals surface area contributed by atoms with Crippen LogP contribution in [0.3, 0.4) is 0 Å². The number of carbonyl (C=O) groups excluding carboxylic acids is 1. The summed E-state index contributed by atoms with van der Waals surface area (Å²) >= 11 is 0. The molecule has 1 aliphatic rings. The normalized spacial score (nSPS) is 12.1. The van der Waals surface area contributed by atoms with Crippen LogP contribution in [-0.2, 0) is 6.61 Å². The molecule has 0 bridgehead atoms. The number of fused-ring (bicyclic) bond motifs is 1. The van der Waals surface area contributed by atoms with Crippen molar-refractivity contribution in [2.24, 2.45) is 5.10 Å². The topological polar surface area (TPSA) is 69.2 Å². The van der Waals surface area contributed by atoms with Gasteiger partial charge in [0.1, 0.15) is 12.4 Å². The van der Waals surface area contributed by atoms with E-state index in [0.29, 0.717) is 23.7 Å². The Balaban J connectivity index is 1.30. The molecule has 3 aromatic rings. The van der Waals surface area contributed by atoms with E-state index in [0.717, 1.165) is 16.9 Å². The second-order valence-electron chi connectivity index (χ2n) is 6.11. The number of ether oxygens (including phenoxy) is 3. The molecule has 140 valence electrons. The molecule has 1 aliphatic heterocycles. The lowest BCUT2D eigenvalue weighted by atomic mass is 10.2. The standard InChI is InChI=1S/C22H18N2O4/c25-22(18-8-11-20-21(12-18)28-15-27-20)24-23-13-16-6-9-19(10-7-16)26-14-17-4-2-1-3-5-17/h1-13H,14-15H2,(H,24,25)/b23-13-. The zero-order valence-corrected chi connectivity index (χ0v) is 15.0. The number of carbonyl (C=O) groups is 1. The van der Waals surface area contributed by atoms with Crippen molar-refractivity contribution in [3.05, 3.63) is 89.5 Å². The van der Waals surface area contributed by atoms with Crippen LogP contribution < -0.4 is 19.6 Å². The lowest BCUT2D eigenvalue weighted by Gasteiger charge is -2.06. The Morgan fingerprint density at radius 1 is 1.00 bits per heavy atom. The van der Waals surface area contributed by atoms with Gasteiger partial charge < -0.3 is 14.2 Å². The van der Waals surface area contributed by atoms with Gasteiger partial charge in [-0.2, -0.15) is 5.10 Å². The van der Waals surface area contributed by atoms with E-state index < -0.39 is 0 Å². The third-order valence-electron chi connectivity index (χ3n) is 4.14. The minimum Gasteiger partial charge on any atom is -0.489 e. The van der Waals surface area contributed by atoms with Gasteiger partial charge in [0.05, 0.1) is 6.21 Å². The van der Waals surface area contributed by atoms with E-state index in [2.05, 4.69) is 10.5 Å². The number of hydrogen-bond acceptors (Lipinski definition) is 5. The van der Waals surface area contributed by atoms with E-state index in [1.165, 1.54) is 0 Å². The van der Waals surface area contributed by atoms with Gasteiger partial charge in [-0.25, -0.2) is 5.43 Å². The summed E-state index contributed by atoms with van der Waals surface area (Å²) in [6.45, 7) is 0.684. The van der Waals surface area contributed by atoms with Gasteiger partial charge in [-0.3, -0.25) is 4.79 Å². The second-order valence-corrected chi connectivity index (χ2v) is 6.11. The molecule has 0 saturated carbocycles. The smallest absolute Gasteiger partial charge is 0.271 e. The van der Waals surface area contributed by atoms with Crippen molar-refractivity contribution in [3.63, 3.8) is 0 Å². The Morgan fingerprint density at radius 3 is 2.61 bits per heavy atom. The molecule has 0 aromatic heterocycles.